The monoisotopic (exact) mass is 307 g/mol. The first-order valence-corrected chi connectivity index (χ1v) is 6.99. The van der Waals surface area contributed by atoms with Crippen LogP contribution in [0.1, 0.15) is 12.5 Å². The Bertz CT molecular complexity index is 498. The van der Waals surface area contributed by atoms with Gasteiger partial charge in [0.2, 0.25) is 0 Å². The average Bonchev–Trinajstić information content (AvgIpc) is 2.52. The van der Waals surface area contributed by atoms with Crippen molar-refractivity contribution in [3.05, 3.63) is 42.5 Å². The molecule has 0 spiro atoms. The van der Waals surface area contributed by atoms with Crippen molar-refractivity contribution < 1.29 is 24.2 Å². The van der Waals surface area contributed by atoms with Crippen molar-refractivity contribution >= 4 is 11.9 Å². The number of amides is 1. The Morgan fingerprint density at radius 2 is 2.05 bits per heavy atom. The molecular weight excluding hydrogens is 286 g/mol. The smallest absolute Gasteiger partial charge is 0.328 e. The molecule has 0 aromatic heterocycles. The summed E-state index contributed by atoms with van der Waals surface area (Å²) >= 11 is 0. The number of benzene rings is 1. The van der Waals surface area contributed by atoms with E-state index in [2.05, 4.69) is 11.9 Å². The summed E-state index contributed by atoms with van der Waals surface area (Å²) in [7, 11) is 0. The van der Waals surface area contributed by atoms with Crippen LogP contribution in [0.15, 0.2) is 36.9 Å². The number of aliphatic carboxylic acids is 1. The van der Waals surface area contributed by atoms with Crippen LogP contribution in [0.4, 0.5) is 0 Å². The summed E-state index contributed by atoms with van der Waals surface area (Å²) in [6.07, 6.45) is 2.43. The number of carbonyl (C=O) groups is 2. The van der Waals surface area contributed by atoms with Crippen molar-refractivity contribution in [1.29, 1.82) is 0 Å². The molecule has 0 heterocycles. The number of aryl methyl sites for hydroxylation is 1. The molecule has 0 aliphatic heterocycles. The topological polar surface area (TPSA) is 84.9 Å². The summed E-state index contributed by atoms with van der Waals surface area (Å²) in [6, 6.07) is 6.26. The number of hydrogen-bond donors (Lipinski definition) is 2. The summed E-state index contributed by atoms with van der Waals surface area (Å²) < 4.78 is 10.4. The molecule has 6 heteroatoms. The van der Waals surface area contributed by atoms with E-state index in [0.717, 1.165) is 6.42 Å². The van der Waals surface area contributed by atoms with Gasteiger partial charge in [0.05, 0.1) is 13.2 Å². The molecule has 0 aliphatic carbocycles. The Morgan fingerprint density at radius 3 is 2.59 bits per heavy atom. The predicted molar refractivity (Wildman–Crippen MR) is 81.9 cm³/mol. The molecule has 120 valence electrons. The molecule has 1 atom stereocenters. The van der Waals surface area contributed by atoms with Crippen LogP contribution in [-0.2, 0) is 20.7 Å². The molecule has 1 rings (SSSR count). The number of nitrogens with one attached hydrogen (secondary N) is 1. The third-order valence-electron chi connectivity index (χ3n) is 2.86. The Morgan fingerprint density at radius 1 is 1.36 bits per heavy atom. The van der Waals surface area contributed by atoms with Gasteiger partial charge in [0.1, 0.15) is 5.75 Å². The highest BCUT2D eigenvalue weighted by molar-refractivity contribution is 5.84. The maximum atomic E-state index is 11.7. The van der Waals surface area contributed by atoms with E-state index < -0.39 is 17.9 Å². The minimum absolute atomic E-state index is 0.127. The van der Waals surface area contributed by atoms with Gasteiger partial charge in [-0.15, -0.1) is 6.58 Å². The lowest BCUT2D eigenvalue weighted by Gasteiger charge is -2.14. The van der Waals surface area contributed by atoms with Crippen LogP contribution in [0.5, 0.6) is 5.75 Å². The van der Waals surface area contributed by atoms with E-state index >= 15 is 0 Å². The fourth-order valence-electron chi connectivity index (χ4n) is 1.65. The summed E-state index contributed by atoms with van der Waals surface area (Å²) in [6.45, 7) is 5.35. The largest absolute Gasteiger partial charge is 0.484 e. The van der Waals surface area contributed by atoms with Crippen LogP contribution in [0.25, 0.3) is 0 Å². The number of rotatable bonds is 10. The Balaban J connectivity index is 2.42. The van der Waals surface area contributed by atoms with E-state index in [-0.39, 0.29) is 19.8 Å². The summed E-state index contributed by atoms with van der Waals surface area (Å²) in [5.74, 6) is -1.12. The molecule has 0 bridgehead atoms. The van der Waals surface area contributed by atoms with E-state index in [4.69, 9.17) is 14.6 Å². The van der Waals surface area contributed by atoms with Crippen molar-refractivity contribution in [2.75, 3.05) is 19.8 Å². The molecule has 0 aliphatic rings. The number of carboxylic acid groups (broad SMARTS) is 1. The van der Waals surface area contributed by atoms with Crippen LogP contribution in [-0.4, -0.2) is 42.8 Å². The molecule has 22 heavy (non-hydrogen) atoms. The Hall–Kier alpha value is -2.34. The van der Waals surface area contributed by atoms with Crippen molar-refractivity contribution in [2.45, 2.75) is 19.4 Å². The van der Waals surface area contributed by atoms with Gasteiger partial charge in [-0.25, -0.2) is 4.79 Å². The van der Waals surface area contributed by atoms with Crippen LogP contribution >= 0.6 is 0 Å². The molecule has 0 saturated carbocycles. The number of carbonyl (C=O) groups excluding carboxylic acids is 1. The molecule has 1 aromatic carbocycles. The standard InChI is InChI=1S/C16H21NO5/c1-3-9-21-10-14(16(19)20)17-15(18)11-22-13-7-5-12(4-2)6-8-13/h3,5-8,14H,1,4,9-11H2,2H3,(H,17,18)(H,19,20). The van der Waals surface area contributed by atoms with Gasteiger partial charge in [0, 0.05) is 0 Å². The van der Waals surface area contributed by atoms with Crippen molar-refractivity contribution in [1.82, 2.24) is 5.32 Å². The van der Waals surface area contributed by atoms with Crippen LogP contribution in [0.3, 0.4) is 0 Å². The minimum atomic E-state index is -1.16. The van der Waals surface area contributed by atoms with E-state index in [1.54, 1.807) is 12.1 Å². The second kappa shape index (κ2) is 9.57. The lowest BCUT2D eigenvalue weighted by molar-refractivity contribution is -0.143. The first-order valence-electron chi connectivity index (χ1n) is 6.99. The minimum Gasteiger partial charge on any atom is -0.484 e. The van der Waals surface area contributed by atoms with Crippen molar-refractivity contribution in [3.8, 4) is 5.75 Å². The highest BCUT2D eigenvalue weighted by Crippen LogP contribution is 2.12. The second-order valence-electron chi connectivity index (χ2n) is 4.57. The number of ether oxygens (including phenoxy) is 2. The van der Waals surface area contributed by atoms with Crippen LogP contribution in [0, 0.1) is 0 Å². The van der Waals surface area contributed by atoms with Gasteiger partial charge in [-0.3, -0.25) is 4.79 Å². The maximum absolute atomic E-state index is 11.7. The zero-order valence-corrected chi connectivity index (χ0v) is 12.6. The normalized spacial score (nSPS) is 11.5. The SMILES string of the molecule is C=CCOCC(NC(=O)COc1ccc(CC)cc1)C(=O)O. The molecule has 0 radical (unpaired) electrons. The van der Waals surface area contributed by atoms with Gasteiger partial charge in [-0.1, -0.05) is 25.1 Å². The zero-order valence-electron chi connectivity index (χ0n) is 12.6. The lowest BCUT2D eigenvalue weighted by atomic mass is 10.2. The third kappa shape index (κ3) is 6.41. The number of carboxylic acids is 1. The first kappa shape index (κ1) is 17.7. The highest BCUT2D eigenvalue weighted by atomic mass is 16.5. The van der Waals surface area contributed by atoms with E-state index in [0.29, 0.717) is 5.75 Å². The summed E-state index contributed by atoms with van der Waals surface area (Å²) in [5.41, 5.74) is 1.17. The van der Waals surface area contributed by atoms with Crippen molar-refractivity contribution in [2.24, 2.45) is 0 Å². The van der Waals surface area contributed by atoms with Crippen LogP contribution in [0.2, 0.25) is 0 Å². The Kier molecular flexibility index (Phi) is 7.70. The molecule has 1 unspecified atom stereocenters. The molecule has 1 aromatic rings. The van der Waals surface area contributed by atoms with Gasteiger partial charge in [0.25, 0.3) is 5.91 Å². The maximum Gasteiger partial charge on any atom is 0.328 e. The lowest BCUT2D eigenvalue weighted by Crippen LogP contribution is -2.45. The predicted octanol–water partition coefficient (Wildman–Crippen LogP) is 1.40. The average molecular weight is 307 g/mol. The van der Waals surface area contributed by atoms with Gasteiger partial charge in [-0.05, 0) is 24.1 Å². The zero-order chi connectivity index (χ0) is 16.4. The molecule has 2 N–H and O–H groups in total. The van der Waals surface area contributed by atoms with Gasteiger partial charge < -0.3 is 19.9 Å². The fraction of sp³-hybridized carbons (Fsp3) is 0.375. The number of hydrogen-bond acceptors (Lipinski definition) is 4. The molecule has 0 saturated heterocycles. The molecule has 1 amide bonds. The van der Waals surface area contributed by atoms with Gasteiger partial charge >= 0.3 is 5.97 Å². The Labute approximate surface area is 129 Å². The van der Waals surface area contributed by atoms with E-state index in [9.17, 15) is 9.59 Å². The molecule has 0 fully saturated rings. The first-order chi connectivity index (χ1) is 10.6. The molecule has 6 nitrogen and oxygen atoms in total. The highest BCUT2D eigenvalue weighted by Gasteiger charge is 2.20. The fourth-order valence-corrected chi connectivity index (χ4v) is 1.65. The summed E-state index contributed by atoms with van der Waals surface area (Å²) in [5, 5.41) is 11.3. The van der Waals surface area contributed by atoms with Crippen LogP contribution < -0.4 is 10.1 Å². The van der Waals surface area contributed by atoms with E-state index in [1.165, 1.54) is 11.6 Å². The third-order valence-corrected chi connectivity index (χ3v) is 2.86. The molecular formula is C16H21NO5. The quantitative estimate of drug-likeness (QED) is 0.504. The van der Waals surface area contributed by atoms with Gasteiger partial charge in [-0.2, -0.15) is 0 Å². The second-order valence-corrected chi connectivity index (χ2v) is 4.57. The van der Waals surface area contributed by atoms with E-state index in [1.807, 2.05) is 19.1 Å². The van der Waals surface area contributed by atoms with Crippen molar-refractivity contribution in [3.63, 3.8) is 0 Å². The summed E-state index contributed by atoms with van der Waals surface area (Å²) in [4.78, 5) is 22.7. The van der Waals surface area contributed by atoms with Gasteiger partial charge in [0.15, 0.2) is 12.6 Å².